The van der Waals surface area contributed by atoms with Crippen LogP contribution in [0.25, 0.3) is 10.9 Å². The van der Waals surface area contributed by atoms with Gasteiger partial charge in [0.1, 0.15) is 24.1 Å². The van der Waals surface area contributed by atoms with Crippen LogP contribution in [0.3, 0.4) is 0 Å². The van der Waals surface area contributed by atoms with Gasteiger partial charge in [0, 0.05) is 36.8 Å². The lowest BCUT2D eigenvalue weighted by atomic mass is 10.0. The molecule has 0 radical (unpaired) electrons. The lowest BCUT2D eigenvalue weighted by Gasteiger charge is -2.33. The van der Waals surface area contributed by atoms with Crippen molar-refractivity contribution in [2.24, 2.45) is 0 Å². The number of amides is 2. The van der Waals surface area contributed by atoms with Gasteiger partial charge in [-0.1, -0.05) is 12.0 Å². The van der Waals surface area contributed by atoms with E-state index < -0.39 is 36.6 Å². The fourth-order valence-corrected chi connectivity index (χ4v) is 5.24. The second-order valence-corrected chi connectivity index (χ2v) is 12.1. The summed E-state index contributed by atoms with van der Waals surface area (Å²) < 4.78 is 68.2. The van der Waals surface area contributed by atoms with Gasteiger partial charge in [0.05, 0.1) is 36.6 Å². The quantitative estimate of drug-likeness (QED) is 0.249. The second kappa shape index (κ2) is 13.9. The number of benzene rings is 2. The fraction of sp³-hybridized carbons (Fsp3) is 0.455. The van der Waals surface area contributed by atoms with Crippen molar-refractivity contribution in [3.05, 3.63) is 53.7 Å². The Morgan fingerprint density at radius 1 is 1.13 bits per heavy atom. The molecule has 3 aromatic rings. The Morgan fingerprint density at radius 2 is 1.87 bits per heavy atom. The molecule has 0 bridgehead atoms. The van der Waals surface area contributed by atoms with Crippen molar-refractivity contribution in [2.75, 3.05) is 51.1 Å². The Labute approximate surface area is 265 Å². The van der Waals surface area contributed by atoms with Crippen LogP contribution in [-0.4, -0.2) is 86.3 Å². The number of hydrogen-bond acceptors (Lipinski definition) is 6. The van der Waals surface area contributed by atoms with Crippen LogP contribution in [0, 0.1) is 11.8 Å². The normalized spacial score (nSPS) is 17.2. The summed E-state index contributed by atoms with van der Waals surface area (Å²) in [6.07, 6.45) is -5.93. The van der Waals surface area contributed by atoms with Crippen molar-refractivity contribution in [3.63, 3.8) is 0 Å². The van der Waals surface area contributed by atoms with E-state index in [9.17, 15) is 27.2 Å². The molecule has 248 valence electrons. The Balaban J connectivity index is 1.74. The van der Waals surface area contributed by atoms with E-state index in [1.807, 2.05) is 11.9 Å². The summed E-state index contributed by atoms with van der Waals surface area (Å²) in [5.41, 5.74) is 0.527. The summed E-state index contributed by atoms with van der Waals surface area (Å²) in [5, 5.41) is 6.19. The van der Waals surface area contributed by atoms with Crippen molar-refractivity contribution < 1.29 is 36.6 Å². The lowest BCUT2D eigenvalue weighted by Crippen LogP contribution is -2.46. The number of likely N-dealkylation sites (tertiary alicyclic amines) is 1. The molecular formula is C33H39F4N5O4. The number of hydrogen-bond donors (Lipinski definition) is 2. The molecule has 1 fully saturated rings. The number of nitrogens with zero attached hydrogens (tertiary/aromatic N) is 3. The average molecular weight is 646 g/mol. The smallest absolute Gasteiger partial charge is 0.415 e. The zero-order chi connectivity index (χ0) is 33.8. The molecule has 9 nitrogen and oxygen atoms in total. The molecule has 0 saturated carbocycles. The summed E-state index contributed by atoms with van der Waals surface area (Å²) in [6, 6.07) is 10.4. The van der Waals surface area contributed by atoms with E-state index in [0.29, 0.717) is 29.6 Å². The number of ether oxygens (including phenoxy) is 2. The molecule has 2 aromatic carbocycles. The first-order chi connectivity index (χ1) is 21.6. The number of rotatable bonds is 7. The predicted molar refractivity (Wildman–Crippen MR) is 169 cm³/mol. The molecule has 0 spiro atoms. The van der Waals surface area contributed by atoms with Gasteiger partial charge in [-0.15, -0.1) is 0 Å². The van der Waals surface area contributed by atoms with Gasteiger partial charge in [-0.25, -0.2) is 9.18 Å². The van der Waals surface area contributed by atoms with Crippen LogP contribution >= 0.6 is 0 Å². The number of carbonyl (C=O) groups excluding carboxylic acids is 2. The van der Waals surface area contributed by atoms with Crippen molar-refractivity contribution in [1.82, 2.24) is 14.8 Å². The van der Waals surface area contributed by atoms with Crippen LogP contribution in [0.2, 0.25) is 0 Å². The van der Waals surface area contributed by atoms with Gasteiger partial charge in [0.2, 0.25) is 0 Å². The van der Waals surface area contributed by atoms with Gasteiger partial charge >= 0.3 is 12.3 Å². The lowest BCUT2D eigenvalue weighted by molar-refractivity contribution is -0.140. The van der Waals surface area contributed by atoms with Crippen LogP contribution in [0.4, 0.5) is 33.7 Å². The number of carbonyl (C=O) groups is 2. The molecule has 0 aliphatic carbocycles. The molecular weight excluding hydrogens is 606 g/mol. The fourth-order valence-electron chi connectivity index (χ4n) is 5.24. The largest absolute Gasteiger partial charge is 0.495 e. The van der Waals surface area contributed by atoms with Crippen LogP contribution < -0.4 is 20.3 Å². The number of anilines is 2. The van der Waals surface area contributed by atoms with E-state index in [0.717, 1.165) is 4.57 Å². The van der Waals surface area contributed by atoms with Crippen LogP contribution in [0.5, 0.6) is 5.75 Å². The van der Waals surface area contributed by atoms with E-state index in [2.05, 4.69) is 22.5 Å². The molecule has 4 rings (SSSR count). The second-order valence-electron chi connectivity index (χ2n) is 12.1. The standard InChI is InChI=1S/C33H39F4N5O4/c1-32(2,3)46-31(44)41(28-13-12-21(30(43)38-4)17-29(28)45-6)15-8-9-22-18-23-25(39-26-14-16-40(5)19-24(26)34)10-7-11-27(23)42(22)20-33(35,36)37/h7,10-13,17-18,24,26,39H,14-16,19-20H2,1-6H3,(H,38,43)/t24-,26+/m0/s1. The van der Waals surface area contributed by atoms with Crippen molar-refractivity contribution in [3.8, 4) is 17.6 Å². The molecule has 1 aromatic heterocycles. The van der Waals surface area contributed by atoms with Gasteiger partial charge in [0.25, 0.3) is 5.91 Å². The molecule has 1 aliphatic heterocycles. The number of aromatic nitrogens is 1. The summed E-state index contributed by atoms with van der Waals surface area (Å²) >= 11 is 0. The maximum atomic E-state index is 14.8. The molecule has 13 heteroatoms. The highest BCUT2D eigenvalue weighted by molar-refractivity contribution is 5.97. The third-order valence-corrected chi connectivity index (χ3v) is 7.40. The summed E-state index contributed by atoms with van der Waals surface area (Å²) in [5.74, 6) is 5.48. The monoisotopic (exact) mass is 645 g/mol. The van der Waals surface area contributed by atoms with Crippen molar-refractivity contribution in [1.29, 1.82) is 0 Å². The molecule has 0 unspecified atom stereocenters. The Bertz CT molecular complexity index is 1640. The molecule has 46 heavy (non-hydrogen) atoms. The summed E-state index contributed by atoms with van der Waals surface area (Å²) in [7, 11) is 4.70. The third-order valence-electron chi connectivity index (χ3n) is 7.40. The van der Waals surface area contributed by atoms with E-state index in [1.54, 1.807) is 39.0 Å². The van der Waals surface area contributed by atoms with Crippen LogP contribution in [0.1, 0.15) is 43.2 Å². The Hall–Kier alpha value is -4.44. The minimum absolute atomic E-state index is 0.0628. The Morgan fingerprint density at radius 3 is 2.50 bits per heavy atom. The molecule has 1 saturated heterocycles. The Kier molecular flexibility index (Phi) is 10.4. The minimum atomic E-state index is -4.55. The number of nitrogens with one attached hydrogen (secondary N) is 2. The first-order valence-corrected chi connectivity index (χ1v) is 14.8. The maximum Gasteiger partial charge on any atom is 0.415 e. The molecule has 2 N–H and O–H groups in total. The van der Waals surface area contributed by atoms with E-state index in [4.69, 9.17) is 9.47 Å². The van der Waals surface area contributed by atoms with Crippen LogP contribution in [-0.2, 0) is 11.3 Å². The van der Waals surface area contributed by atoms with Gasteiger partial charge in [-0.2, -0.15) is 13.2 Å². The van der Waals surface area contributed by atoms with E-state index >= 15 is 0 Å². The number of piperidine rings is 1. The van der Waals surface area contributed by atoms with Gasteiger partial charge in [-0.05, 0) is 76.6 Å². The van der Waals surface area contributed by atoms with E-state index in [-0.39, 0.29) is 41.6 Å². The van der Waals surface area contributed by atoms with Crippen molar-refractivity contribution >= 4 is 34.3 Å². The highest BCUT2D eigenvalue weighted by Crippen LogP contribution is 2.33. The van der Waals surface area contributed by atoms with E-state index in [1.165, 1.54) is 43.3 Å². The SMILES string of the molecule is CNC(=O)c1ccc(N(CC#Cc2cc3c(N[C@@H]4CCN(C)C[C@@H]4F)cccc3n2CC(F)(F)F)C(=O)OC(C)(C)C)c(OC)c1. The van der Waals surface area contributed by atoms with Crippen molar-refractivity contribution in [2.45, 2.75) is 57.7 Å². The topological polar surface area (TPSA) is 88.1 Å². The third kappa shape index (κ3) is 8.42. The maximum absolute atomic E-state index is 14.8. The van der Waals surface area contributed by atoms with Gasteiger partial charge < -0.3 is 29.6 Å². The first kappa shape index (κ1) is 34.4. The number of fused-ring (bicyclic) bond motifs is 1. The van der Waals surface area contributed by atoms with Gasteiger partial charge in [-0.3, -0.25) is 9.69 Å². The number of methoxy groups -OCH3 is 1. The van der Waals surface area contributed by atoms with Gasteiger partial charge in [0.15, 0.2) is 0 Å². The predicted octanol–water partition coefficient (Wildman–Crippen LogP) is 5.82. The van der Waals surface area contributed by atoms with Crippen LogP contribution in [0.15, 0.2) is 42.5 Å². The molecule has 1 aliphatic rings. The molecule has 2 heterocycles. The summed E-state index contributed by atoms with van der Waals surface area (Å²) in [6.45, 7) is 4.45. The zero-order valence-corrected chi connectivity index (χ0v) is 26.7. The zero-order valence-electron chi connectivity index (χ0n) is 26.7. The number of alkyl halides is 4. The average Bonchev–Trinajstić information content (AvgIpc) is 3.31. The summed E-state index contributed by atoms with van der Waals surface area (Å²) in [4.78, 5) is 28.6. The molecule has 2 atom stereocenters. The molecule has 2 amide bonds. The first-order valence-electron chi connectivity index (χ1n) is 14.8. The number of halogens is 4. The highest BCUT2D eigenvalue weighted by atomic mass is 19.4. The highest BCUT2D eigenvalue weighted by Gasteiger charge is 2.31. The minimum Gasteiger partial charge on any atom is -0.495 e.